The summed E-state index contributed by atoms with van der Waals surface area (Å²) in [5, 5.41) is 3.48. The molecule has 1 aromatic rings. The van der Waals surface area contributed by atoms with Gasteiger partial charge in [-0.2, -0.15) is 0 Å². The summed E-state index contributed by atoms with van der Waals surface area (Å²) in [4.78, 5) is 0. The largest absolute Gasteiger partial charge is 0.496 e. The number of hydrogen-bond donors (Lipinski definition) is 1. The molecule has 0 bridgehead atoms. The first kappa shape index (κ1) is 18.2. The Kier molecular flexibility index (Phi) is 8.62. The van der Waals surface area contributed by atoms with Crippen LogP contribution in [0.4, 0.5) is 0 Å². The minimum Gasteiger partial charge on any atom is -0.496 e. The van der Waals surface area contributed by atoms with Crippen molar-refractivity contribution in [3.05, 3.63) is 29.3 Å². The van der Waals surface area contributed by atoms with Crippen LogP contribution in [0, 0.1) is 0 Å². The molecule has 0 aliphatic heterocycles. The van der Waals surface area contributed by atoms with E-state index in [1.54, 1.807) is 7.11 Å². The number of methoxy groups -OCH3 is 1. The van der Waals surface area contributed by atoms with Crippen LogP contribution in [-0.2, 0) is 16.6 Å². The van der Waals surface area contributed by atoms with Crippen LogP contribution in [0.25, 0.3) is 0 Å². The average Bonchev–Trinajstić information content (AvgIpc) is 2.50. The van der Waals surface area contributed by atoms with Crippen molar-refractivity contribution in [2.45, 2.75) is 51.8 Å². The molecule has 2 atom stereocenters. The van der Waals surface area contributed by atoms with Crippen molar-refractivity contribution in [1.82, 2.24) is 5.32 Å². The third-order valence-corrected chi connectivity index (χ3v) is 4.92. The number of benzene rings is 1. The minimum absolute atomic E-state index is 0.304. The van der Waals surface area contributed by atoms with E-state index in [-0.39, 0.29) is 0 Å². The highest BCUT2D eigenvalue weighted by atomic mass is 32.2. The smallest absolute Gasteiger partial charge is 0.123 e. The van der Waals surface area contributed by atoms with Gasteiger partial charge in [-0.15, -0.1) is 0 Å². The predicted molar refractivity (Wildman–Crippen MR) is 91.3 cm³/mol. The van der Waals surface area contributed by atoms with Crippen LogP contribution in [-0.4, -0.2) is 23.6 Å². The lowest BCUT2D eigenvalue weighted by molar-refractivity contribution is 0.410. The van der Waals surface area contributed by atoms with Crippen LogP contribution in [0.5, 0.6) is 5.75 Å². The highest BCUT2D eigenvalue weighted by molar-refractivity contribution is 7.84. The maximum atomic E-state index is 12.1. The van der Waals surface area contributed by atoms with Gasteiger partial charge in [0.25, 0.3) is 0 Å². The van der Waals surface area contributed by atoms with Gasteiger partial charge in [-0.05, 0) is 44.0 Å². The molecule has 0 saturated heterocycles. The third-order valence-electron chi connectivity index (χ3n) is 3.55. The van der Waals surface area contributed by atoms with Crippen molar-refractivity contribution >= 4 is 10.8 Å². The number of unbranched alkanes of at least 4 members (excludes halogenated alkanes) is 1. The zero-order valence-corrected chi connectivity index (χ0v) is 14.6. The first-order valence-corrected chi connectivity index (χ1v) is 9.36. The molecule has 2 unspecified atom stereocenters. The van der Waals surface area contributed by atoms with Crippen LogP contribution < -0.4 is 10.1 Å². The summed E-state index contributed by atoms with van der Waals surface area (Å²) in [6, 6.07) is 6.52. The Labute approximate surface area is 131 Å². The van der Waals surface area contributed by atoms with Gasteiger partial charge in [0.15, 0.2) is 0 Å². The first-order chi connectivity index (χ1) is 10.1. The van der Waals surface area contributed by atoms with Gasteiger partial charge in [-0.1, -0.05) is 26.3 Å². The summed E-state index contributed by atoms with van der Waals surface area (Å²) in [6.07, 6.45) is 3.22. The van der Waals surface area contributed by atoms with E-state index in [0.717, 1.165) is 42.9 Å². The van der Waals surface area contributed by atoms with Crippen molar-refractivity contribution < 1.29 is 8.95 Å². The Morgan fingerprint density at radius 2 is 2.05 bits per heavy atom. The zero-order valence-electron chi connectivity index (χ0n) is 13.8. The number of hydrogen-bond acceptors (Lipinski definition) is 3. The highest BCUT2D eigenvalue weighted by Gasteiger charge is 2.11. The second-order valence-electron chi connectivity index (χ2n) is 5.39. The van der Waals surface area contributed by atoms with Crippen molar-refractivity contribution in [3.8, 4) is 5.75 Å². The minimum atomic E-state index is -0.810. The second kappa shape index (κ2) is 9.96. The summed E-state index contributed by atoms with van der Waals surface area (Å²) in [5.74, 6) is 2.19. The van der Waals surface area contributed by atoms with Crippen molar-refractivity contribution in [1.29, 1.82) is 0 Å². The molecule has 1 aromatic carbocycles. The lowest BCUT2D eigenvalue weighted by atomic mass is 10.0. The Balaban J connectivity index is 2.82. The molecule has 0 spiro atoms. The number of rotatable bonds is 10. The topological polar surface area (TPSA) is 38.3 Å². The van der Waals surface area contributed by atoms with E-state index in [2.05, 4.69) is 38.2 Å². The molecule has 0 aromatic heterocycles. The molecule has 0 saturated carbocycles. The summed E-state index contributed by atoms with van der Waals surface area (Å²) < 4.78 is 17.5. The van der Waals surface area contributed by atoms with Gasteiger partial charge in [0.2, 0.25) is 0 Å². The van der Waals surface area contributed by atoms with E-state index < -0.39 is 10.8 Å². The van der Waals surface area contributed by atoms with Gasteiger partial charge in [0.05, 0.1) is 12.9 Å². The summed E-state index contributed by atoms with van der Waals surface area (Å²) in [5.41, 5.74) is 2.28. The number of ether oxygens (including phenoxy) is 1. The van der Waals surface area contributed by atoms with Gasteiger partial charge in [-0.3, -0.25) is 4.21 Å². The standard InChI is InChI=1S/C17H29NO2S/c1-5-7-11-21(19)13-16-12-15(8-9-17(16)20-4)14(3)18-10-6-2/h8-9,12,14,18H,5-7,10-11,13H2,1-4H3. The SMILES string of the molecule is CCCCS(=O)Cc1cc(C(C)NCCC)ccc1OC. The monoisotopic (exact) mass is 311 g/mol. The van der Waals surface area contributed by atoms with Gasteiger partial charge < -0.3 is 10.1 Å². The Morgan fingerprint density at radius 3 is 2.67 bits per heavy atom. The molecule has 0 amide bonds. The number of nitrogens with one attached hydrogen (secondary N) is 1. The predicted octanol–water partition coefficient (Wildman–Crippen LogP) is 3.80. The lowest BCUT2D eigenvalue weighted by Crippen LogP contribution is -2.19. The summed E-state index contributed by atoms with van der Waals surface area (Å²) in [6.45, 7) is 7.45. The maximum Gasteiger partial charge on any atom is 0.123 e. The van der Waals surface area contributed by atoms with E-state index >= 15 is 0 Å². The molecule has 21 heavy (non-hydrogen) atoms. The summed E-state index contributed by atoms with van der Waals surface area (Å²) in [7, 11) is 0.863. The van der Waals surface area contributed by atoms with E-state index in [1.807, 2.05) is 6.07 Å². The molecular formula is C17H29NO2S. The van der Waals surface area contributed by atoms with Crippen molar-refractivity contribution in [2.75, 3.05) is 19.4 Å². The fourth-order valence-electron chi connectivity index (χ4n) is 2.21. The van der Waals surface area contributed by atoms with Crippen molar-refractivity contribution in [2.24, 2.45) is 0 Å². The van der Waals surface area contributed by atoms with Crippen molar-refractivity contribution in [3.63, 3.8) is 0 Å². The Morgan fingerprint density at radius 1 is 1.29 bits per heavy atom. The Bertz CT molecular complexity index is 448. The maximum absolute atomic E-state index is 12.1. The van der Waals surface area contributed by atoms with E-state index in [9.17, 15) is 4.21 Å². The molecule has 0 radical (unpaired) electrons. The molecule has 1 N–H and O–H groups in total. The molecule has 1 rings (SSSR count). The molecule has 0 aliphatic rings. The molecular weight excluding hydrogens is 282 g/mol. The average molecular weight is 311 g/mol. The molecule has 0 aliphatic carbocycles. The fraction of sp³-hybridized carbons (Fsp3) is 0.647. The second-order valence-corrected chi connectivity index (χ2v) is 6.97. The van der Waals surface area contributed by atoms with Gasteiger partial charge in [0, 0.05) is 28.2 Å². The molecule has 0 heterocycles. The quantitative estimate of drug-likeness (QED) is 0.714. The lowest BCUT2D eigenvalue weighted by Gasteiger charge is -2.16. The van der Waals surface area contributed by atoms with E-state index in [4.69, 9.17) is 4.74 Å². The molecule has 4 heteroatoms. The zero-order chi connectivity index (χ0) is 15.7. The van der Waals surface area contributed by atoms with Gasteiger partial charge in [0.1, 0.15) is 5.75 Å². The molecule has 3 nitrogen and oxygen atoms in total. The molecule has 0 fully saturated rings. The van der Waals surface area contributed by atoms with E-state index in [0.29, 0.717) is 11.8 Å². The molecule has 120 valence electrons. The Hall–Kier alpha value is -0.870. The van der Waals surface area contributed by atoms with Gasteiger partial charge >= 0.3 is 0 Å². The fourth-order valence-corrected chi connectivity index (χ4v) is 3.54. The normalized spacial score (nSPS) is 13.9. The van der Waals surface area contributed by atoms with Crippen LogP contribution in [0.3, 0.4) is 0 Å². The first-order valence-electron chi connectivity index (χ1n) is 7.87. The van der Waals surface area contributed by atoms with Crippen LogP contribution in [0.1, 0.15) is 57.2 Å². The summed E-state index contributed by atoms with van der Waals surface area (Å²) >= 11 is 0. The van der Waals surface area contributed by atoms with Crippen LogP contribution in [0.2, 0.25) is 0 Å². The third kappa shape index (κ3) is 6.18. The highest BCUT2D eigenvalue weighted by Crippen LogP contribution is 2.25. The van der Waals surface area contributed by atoms with E-state index in [1.165, 1.54) is 5.56 Å². The van der Waals surface area contributed by atoms with Crippen LogP contribution >= 0.6 is 0 Å². The van der Waals surface area contributed by atoms with Gasteiger partial charge in [-0.25, -0.2) is 0 Å². The van der Waals surface area contributed by atoms with Crippen LogP contribution in [0.15, 0.2) is 18.2 Å².